The molecule has 172 valence electrons. The summed E-state index contributed by atoms with van der Waals surface area (Å²) in [6.45, 7) is 8.55. The third kappa shape index (κ3) is 6.97. The van der Waals surface area contributed by atoms with Crippen LogP contribution >= 0.6 is 11.6 Å². The molecular weight excluding hydrogens is 428 g/mol. The fourth-order valence-corrected chi connectivity index (χ4v) is 3.76. The second-order valence-corrected chi connectivity index (χ2v) is 8.98. The topological polar surface area (TPSA) is 59.1 Å². The number of hydrogen-bond donors (Lipinski definition) is 0. The number of morpholine rings is 1. The van der Waals surface area contributed by atoms with Crippen LogP contribution in [0.25, 0.3) is 0 Å². The van der Waals surface area contributed by atoms with Crippen molar-refractivity contribution in [2.45, 2.75) is 26.9 Å². The fraction of sp³-hybridized carbons (Fsp3) is 0.440. The predicted molar refractivity (Wildman–Crippen MR) is 125 cm³/mol. The van der Waals surface area contributed by atoms with Crippen LogP contribution in [-0.4, -0.2) is 67.1 Å². The lowest BCUT2D eigenvalue weighted by Gasteiger charge is -2.36. The SMILES string of the molecule is Cc1ccc(C(=O)N(CC(C)C)CC2CN(C(=O)COc3ccc(Cl)cc3)CCO2)cc1. The maximum Gasteiger partial charge on any atom is 0.260 e. The molecule has 32 heavy (non-hydrogen) atoms. The number of carbonyl (C=O) groups excluding carboxylic acids is 2. The van der Waals surface area contributed by atoms with Gasteiger partial charge in [-0.2, -0.15) is 0 Å². The van der Waals surface area contributed by atoms with Gasteiger partial charge in [0.15, 0.2) is 6.61 Å². The van der Waals surface area contributed by atoms with E-state index in [2.05, 4.69) is 13.8 Å². The number of carbonyl (C=O) groups is 2. The summed E-state index contributed by atoms with van der Waals surface area (Å²) in [5.41, 5.74) is 1.78. The van der Waals surface area contributed by atoms with Gasteiger partial charge in [0.1, 0.15) is 5.75 Å². The van der Waals surface area contributed by atoms with Gasteiger partial charge >= 0.3 is 0 Å². The zero-order chi connectivity index (χ0) is 23.1. The van der Waals surface area contributed by atoms with Gasteiger partial charge in [-0.25, -0.2) is 0 Å². The first kappa shape index (κ1) is 24.1. The molecule has 0 N–H and O–H groups in total. The molecule has 1 saturated heterocycles. The van der Waals surface area contributed by atoms with Crippen molar-refractivity contribution in [2.75, 3.05) is 39.4 Å². The van der Waals surface area contributed by atoms with Crippen molar-refractivity contribution in [1.82, 2.24) is 9.80 Å². The minimum atomic E-state index is -0.239. The predicted octanol–water partition coefficient (Wildman–Crippen LogP) is 4.05. The van der Waals surface area contributed by atoms with E-state index in [1.54, 1.807) is 29.2 Å². The number of rotatable bonds is 8. The van der Waals surface area contributed by atoms with Crippen LogP contribution in [0.4, 0.5) is 0 Å². The third-order valence-electron chi connectivity index (χ3n) is 5.26. The smallest absolute Gasteiger partial charge is 0.260 e. The summed E-state index contributed by atoms with van der Waals surface area (Å²) < 4.78 is 11.5. The van der Waals surface area contributed by atoms with Crippen LogP contribution < -0.4 is 4.74 Å². The van der Waals surface area contributed by atoms with Gasteiger partial charge in [-0.3, -0.25) is 9.59 Å². The lowest BCUT2D eigenvalue weighted by Crippen LogP contribution is -2.52. The molecule has 2 amide bonds. The van der Waals surface area contributed by atoms with E-state index >= 15 is 0 Å². The van der Waals surface area contributed by atoms with Gasteiger partial charge in [0.2, 0.25) is 0 Å². The van der Waals surface area contributed by atoms with E-state index in [9.17, 15) is 9.59 Å². The number of amides is 2. The average molecular weight is 459 g/mol. The monoisotopic (exact) mass is 458 g/mol. The lowest BCUT2D eigenvalue weighted by atomic mass is 10.1. The Morgan fingerprint density at radius 1 is 1.16 bits per heavy atom. The van der Waals surface area contributed by atoms with E-state index in [1.165, 1.54) is 0 Å². The van der Waals surface area contributed by atoms with Crippen molar-refractivity contribution in [2.24, 2.45) is 5.92 Å². The Hall–Kier alpha value is -2.57. The molecule has 2 aromatic rings. The Morgan fingerprint density at radius 2 is 1.84 bits per heavy atom. The second-order valence-electron chi connectivity index (χ2n) is 8.55. The standard InChI is InChI=1S/C25H31ClN2O4/c1-18(2)14-28(25(30)20-6-4-19(3)5-7-20)16-23-15-27(12-13-31-23)24(29)17-32-22-10-8-21(26)9-11-22/h4-11,18,23H,12-17H2,1-3H3. The quantitative estimate of drug-likeness (QED) is 0.598. The van der Waals surface area contributed by atoms with Gasteiger partial charge in [0.05, 0.1) is 12.7 Å². The molecule has 0 bridgehead atoms. The molecule has 1 fully saturated rings. The molecule has 6 nitrogen and oxygen atoms in total. The highest BCUT2D eigenvalue weighted by molar-refractivity contribution is 6.30. The summed E-state index contributed by atoms with van der Waals surface area (Å²) in [5.74, 6) is 0.795. The summed E-state index contributed by atoms with van der Waals surface area (Å²) in [4.78, 5) is 29.4. The molecule has 0 aromatic heterocycles. The summed E-state index contributed by atoms with van der Waals surface area (Å²) in [6.07, 6.45) is -0.239. The number of benzene rings is 2. The molecule has 1 unspecified atom stereocenters. The second kappa shape index (κ2) is 11.3. The maximum atomic E-state index is 13.1. The minimum Gasteiger partial charge on any atom is -0.484 e. The van der Waals surface area contributed by atoms with Gasteiger partial charge in [-0.1, -0.05) is 43.1 Å². The van der Waals surface area contributed by atoms with Crippen molar-refractivity contribution in [3.63, 3.8) is 0 Å². The molecule has 0 spiro atoms. The normalized spacial score (nSPS) is 16.2. The van der Waals surface area contributed by atoms with Crippen LogP contribution in [0.1, 0.15) is 29.8 Å². The molecule has 7 heteroatoms. The average Bonchev–Trinajstić information content (AvgIpc) is 2.78. The highest BCUT2D eigenvalue weighted by Gasteiger charge is 2.28. The molecule has 1 aliphatic heterocycles. The Balaban J connectivity index is 1.59. The van der Waals surface area contributed by atoms with E-state index < -0.39 is 0 Å². The Morgan fingerprint density at radius 3 is 2.50 bits per heavy atom. The molecule has 3 rings (SSSR count). The van der Waals surface area contributed by atoms with Gasteiger partial charge in [0, 0.05) is 36.8 Å². The first-order valence-corrected chi connectivity index (χ1v) is 11.3. The maximum absolute atomic E-state index is 13.1. The third-order valence-corrected chi connectivity index (χ3v) is 5.51. The number of aryl methyl sites for hydroxylation is 1. The molecular formula is C25H31ClN2O4. The van der Waals surface area contributed by atoms with Gasteiger partial charge in [-0.05, 0) is 49.2 Å². The number of ether oxygens (including phenoxy) is 2. The first-order valence-electron chi connectivity index (χ1n) is 11.0. The van der Waals surface area contributed by atoms with Crippen LogP contribution in [0.2, 0.25) is 5.02 Å². The molecule has 0 radical (unpaired) electrons. The zero-order valence-corrected chi connectivity index (χ0v) is 19.7. The van der Waals surface area contributed by atoms with Crippen molar-refractivity contribution < 1.29 is 19.1 Å². The lowest BCUT2D eigenvalue weighted by molar-refractivity contribution is -0.141. The van der Waals surface area contributed by atoms with Crippen molar-refractivity contribution in [3.05, 3.63) is 64.7 Å². The Labute approximate surface area is 195 Å². The van der Waals surface area contributed by atoms with E-state index in [4.69, 9.17) is 21.1 Å². The van der Waals surface area contributed by atoms with Crippen LogP contribution in [0.15, 0.2) is 48.5 Å². The first-order chi connectivity index (χ1) is 15.3. The fourth-order valence-electron chi connectivity index (χ4n) is 3.63. The molecule has 1 heterocycles. The highest BCUT2D eigenvalue weighted by Crippen LogP contribution is 2.17. The van der Waals surface area contributed by atoms with Crippen LogP contribution in [0, 0.1) is 12.8 Å². The van der Waals surface area contributed by atoms with Gasteiger partial charge in [-0.15, -0.1) is 0 Å². The molecule has 0 aliphatic carbocycles. The van der Waals surface area contributed by atoms with E-state index in [-0.39, 0.29) is 24.5 Å². The molecule has 1 aliphatic rings. The molecule has 1 atom stereocenters. The van der Waals surface area contributed by atoms with E-state index in [0.717, 1.165) is 5.56 Å². The number of halogens is 1. The van der Waals surface area contributed by atoms with Crippen molar-refractivity contribution in [1.29, 1.82) is 0 Å². The number of hydrogen-bond acceptors (Lipinski definition) is 4. The molecule has 0 saturated carbocycles. The van der Waals surface area contributed by atoms with Crippen molar-refractivity contribution in [3.8, 4) is 5.75 Å². The Bertz CT molecular complexity index is 899. The largest absolute Gasteiger partial charge is 0.484 e. The summed E-state index contributed by atoms with van der Waals surface area (Å²) in [6, 6.07) is 14.5. The summed E-state index contributed by atoms with van der Waals surface area (Å²) in [5, 5.41) is 0.617. The summed E-state index contributed by atoms with van der Waals surface area (Å²) >= 11 is 5.88. The van der Waals surface area contributed by atoms with E-state index in [1.807, 2.05) is 36.1 Å². The highest BCUT2D eigenvalue weighted by atomic mass is 35.5. The molecule has 2 aromatic carbocycles. The van der Waals surface area contributed by atoms with Gasteiger partial charge < -0.3 is 19.3 Å². The van der Waals surface area contributed by atoms with Gasteiger partial charge in [0.25, 0.3) is 11.8 Å². The Kier molecular flexibility index (Phi) is 8.53. The summed E-state index contributed by atoms with van der Waals surface area (Å²) in [7, 11) is 0. The number of nitrogens with zero attached hydrogens (tertiary/aromatic N) is 2. The zero-order valence-electron chi connectivity index (χ0n) is 18.9. The van der Waals surface area contributed by atoms with Crippen LogP contribution in [0.5, 0.6) is 5.75 Å². The minimum absolute atomic E-state index is 0.0168. The van der Waals surface area contributed by atoms with E-state index in [0.29, 0.717) is 55.0 Å². The van der Waals surface area contributed by atoms with Crippen molar-refractivity contribution >= 4 is 23.4 Å². The van der Waals surface area contributed by atoms with Crippen LogP contribution in [-0.2, 0) is 9.53 Å². The van der Waals surface area contributed by atoms with Crippen LogP contribution in [0.3, 0.4) is 0 Å².